The van der Waals surface area contributed by atoms with E-state index in [1.54, 1.807) is 11.1 Å². The lowest BCUT2D eigenvalue weighted by Gasteiger charge is -2.24. The molecule has 2 aromatic heterocycles. The van der Waals surface area contributed by atoms with Crippen LogP contribution in [0.5, 0.6) is 0 Å². The summed E-state index contributed by atoms with van der Waals surface area (Å²) in [6.07, 6.45) is 9.54. The van der Waals surface area contributed by atoms with Crippen LogP contribution in [-0.2, 0) is 6.42 Å². The summed E-state index contributed by atoms with van der Waals surface area (Å²) in [6.45, 7) is 1.48. The fraction of sp³-hybridized carbons (Fsp3) is 0.375. The predicted octanol–water partition coefficient (Wildman–Crippen LogP) is 2.98. The van der Waals surface area contributed by atoms with Crippen molar-refractivity contribution in [1.82, 2.24) is 20.0 Å². The number of aromatic nitrogens is 3. The first-order valence-corrected chi connectivity index (χ1v) is 8.09. The SMILES string of the molecule is O=C(c1nc(-c2cnc3c(c2Cl)C=CC3)no1)N1CCCCC1. The van der Waals surface area contributed by atoms with E-state index in [0.29, 0.717) is 16.4 Å². The Morgan fingerprint density at radius 1 is 1.26 bits per heavy atom. The number of nitrogens with zero attached hydrogens (tertiary/aromatic N) is 4. The van der Waals surface area contributed by atoms with Crippen molar-refractivity contribution in [2.75, 3.05) is 13.1 Å². The van der Waals surface area contributed by atoms with Crippen LogP contribution < -0.4 is 0 Å². The molecule has 0 unspecified atom stereocenters. The molecule has 1 amide bonds. The van der Waals surface area contributed by atoms with Crippen LogP contribution in [0.2, 0.25) is 5.02 Å². The molecule has 7 heteroatoms. The summed E-state index contributed by atoms with van der Waals surface area (Å²) in [6, 6.07) is 0. The van der Waals surface area contributed by atoms with Gasteiger partial charge in [-0.05, 0) is 19.3 Å². The molecule has 1 aliphatic heterocycles. The highest BCUT2D eigenvalue weighted by Crippen LogP contribution is 2.33. The molecule has 118 valence electrons. The number of hydrogen-bond acceptors (Lipinski definition) is 5. The van der Waals surface area contributed by atoms with Crippen LogP contribution in [0.25, 0.3) is 17.5 Å². The number of likely N-dealkylation sites (tertiary alicyclic amines) is 1. The molecule has 23 heavy (non-hydrogen) atoms. The van der Waals surface area contributed by atoms with Crippen LogP contribution in [0.1, 0.15) is 41.2 Å². The maximum absolute atomic E-state index is 12.4. The van der Waals surface area contributed by atoms with E-state index in [2.05, 4.69) is 15.1 Å². The molecule has 0 radical (unpaired) electrons. The van der Waals surface area contributed by atoms with Gasteiger partial charge in [0.1, 0.15) is 0 Å². The Balaban J connectivity index is 1.63. The van der Waals surface area contributed by atoms with Crippen molar-refractivity contribution in [3.8, 4) is 11.4 Å². The molecule has 0 atom stereocenters. The zero-order valence-electron chi connectivity index (χ0n) is 12.5. The Morgan fingerprint density at radius 3 is 2.91 bits per heavy atom. The van der Waals surface area contributed by atoms with Gasteiger partial charge in [-0.3, -0.25) is 9.78 Å². The molecule has 4 rings (SSSR count). The number of allylic oxidation sites excluding steroid dienone is 1. The Labute approximate surface area is 138 Å². The van der Waals surface area contributed by atoms with Crippen molar-refractivity contribution in [3.05, 3.63) is 34.4 Å². The van der Waals surface area contributed by atoms with E-state index in [-0.39, 0.29) is 11.8 Å². The molecule has 6 nitrogen and oxygen atoms in total. The maximum Gasteiger partial charge on any atom is 0.316 e. The largest absolute Gasteiger partial charge is 0.334 e. The minimum atomic E-state index is -0.214. The molecular weight excluding hydrogens is 316 g/mol. The van der Waals surface area contributed by atoms with E-state index < -0.39 is 0 Å². The normalized spacial score (nSPS) is 16.7. The van der Waals surface area contributed by atoms with Crippen molar-refractivity contribution >= 4 is 23.6 Å². The molecule has 0 spiro atoms. The van der Waals surface area contributed by atoms with E-state index in [9.17, 15) is 4.79 Å². The number of carbonyl (C=O) groups excluding carboxylic acids is 1. The van der Waals surface area contributed by atoms with Crippen molar-refractivity contribution in [3.63, 3.8) is 0 Å². The molecule has 0 saturated carbocycles. The first-order valence-electron chi connectivity index (χ1n) is 7.71. The topological polar surface area (TPSA) is 72.1 Å². The van der Waals surface area contributed by atoms with Gasteiger partial charge < -0.3 is 9.42 Å². The van der Waals surface area contributed by atoms with Crippen LogP contribution in [0.15, 0.2) is 16.8 Å². The standard InChI is InChI=1S/C16H15ClN4O2/c17-13-10-5-4-6-12(10)18-9-11(13)14-19-15(23-20-14)16(22)21-7-2-1-3-8-21/h4-5,9H,1-3,6-8H2. The summed E-state index contributed by atoms with van der Waals surface area (Å²) >= 11 is 6.42. The van der Waals surface area contributed by atoms with Gasteiger partial charge in [-0.2, -0.15) is 4.98 Å². The number of piperidine rings is 1. The number of pyridine rings is 1. The first kappa shape index (κ1) is 14.4. The van der Waals surface area contributed by atoms with Crippen molar-refractivity contribution in [2.24, 2.45) is 0 Å². The third-order valence-electron chi connectivity index (χ3n) is 4.22. The third kappa shape index (κ3) is 2.53. The lowest BCUT2D eigenvalue weighted by molar-refractivity contribution is 0.0674. The van der Waals surface area contributed by atoms with E-state index in [1.807, 2.05) is 12.2 Å². The van der Waals surface area contributed by atoms with E-state index in [0.717, 1.165) is 50.0 Å². The van der Waals surface area contributed by atoms with Gasteiger partial charge in [0, 0.05) is 31.3 Å². The van der Waals surface area contributed by atoms with Gasteiger partial charge in [-0.25, -0.2) is 0 Å². The second-order valence-corrected chi connectivity index (χ2v) is 6.11. The summed E-state index contributed by atoms with van der Waals surface area (Å²) in [5, 5.41) is 4.45. The fourth-order valence-electron chi connectivity index (χ4n) is 2.97. The van der Waals surface area contributed by atoms with Gasteiger partial charge in [0.15, 0.2) is 0 Å². The summed E-state index contributed by atoms with van der Waals surface area (Å²) in [7, 11) is 0. The van der Waals surface area contributed by atoms with Crippen LogP contribution in [0.3, 0.4) is 0 Å². The lowest BCUT2D eigenvalue weighted by Crippen LogP contribution is -2.35. The predicted molar refractivity (Wildman–Crippen MR) is 85.0 cm³/mol. The summed E-state index contributed by atoms with van der Waals surface area (Å²) in [4.78, 5) is 22.7. The molecule has 0 bridgehead atoms. The molecule has 0 aromatic carbocycles. The quantitative estimate of drug-likeness (QED) is 0.846. The molecule has 1 fully saturated rings. The van der Waals surface area contributed by atoms with E-state index in [4.69, 9.17) is 16.1 Å². The Kier molecular flexibility index (Phi) is 3.61. The monoisotopic (exact) mass is 330 g/mol. The molecule has 1 saturated heterocycles. The molecule has 1 aliphatic carbocycles. The highest BCUT2D eigenvalue weighted by Gasteiger charge is 2.25. The van der Waals surface area contributed by atoms with Gasteiger partial charge in [0.05, 0.1) is 16.3 Å². The first-order chi connectivity index (χ1) is 11.2. The third-order valence-corrected chi connectivity index (χ3v) is 4.63. The zero-order valence-corrected chi connectivity index (χ0v) is 13.2. The molecule has 0 N–H and O–H groups in total. The molecule has 2 aliphatic rings. The minimum absolute atomic E-state index is 0.00834. The number of rotatable bonds is 2. The Morgan fingerprint density at radius 2 is 2.09 bits per heavy atom. The van der Waals surface area contributed by atoms with Crippen molar-refractivity contribution < 1.29 is 9.32 Å². The highest BCUT2D eigenvalue weighted by molar-refractivity contribution is 6.34. The van der Waals surface area contributed by atoms with Crippen LogP contribution in [-0.4, -0.2) is 39.0 Å². The van der Waals surface area contributed by atoms with Crippen molar-refractivity contribution in [2.45, 2.75) is 25.7 Å². The Bertz CT molecular complexity index is 793. The van der Waals surface area contributed by atoms with Crippen LogP contribution >= 0.6 is 11.6 Å². The lowest BCUT2D eigenvalue weighted by atomic mass is 10.1. The number of carbonyl (C=O) groups is 1. The van der Waals surface area contributed by atoms with Gasteiger partial charge >= 0.3 is 11.8 Å². The van der Waals surface area contributed by atoms with Crippen molar-refractivity contribution in [1.29, 1.82) is 0 Å². The zero-order chi connectivity index (χ0) is 15.8. The van der Waals surface area contributed by atoms with Crippen LogP contribution in [0.4, 0.5) is 0 Å². The number of amides is 1. The fourth-order valence-corrected chi connectivity index (χ4v) is 3.27. The molecular formula is C16H15ClN4O2. The average Bonchev–Trinajstić information content (AvgIpc) is 3.25. The Hall–Kier alpha value is -2.21. The van der Waals surface area contributed by atoms with E-state index in [1.165, 1.54) is 0 Å². The van der Waals surface area contributed by atoms with E-state index >= 15 is 0 Å². The summed E-state index contributed by atoms with van der Waals surface area (Å²) in [5.74, 6) is 0.0913. The minimum Gasteiger partial charge on any atom is -0.334 e. The smallest absolute Gasteiger partial charge is 0.316 e. The van der Waals surface area contributed by atoms with Gasteiger partial charge in [-0.15, -0.1) is 0 Å². The second kappa shape index (κ2) is 5.77. The second-order valence-electron chi connectivity index (χ2n) is 5.73. The van der Waals surface area contributed by atoms with Crippen LogP contribution in [0, 0.1) is 0 Å². The van der Waals surface area contributed by atoms with Gasteiger partial charge in [0.2, 0.25) is 5.82 Å². The maximum atomic E-state index is 12.4. The summed E-state index contributed by atoms with van der Waals surface area (Å²) in [5.41, 5.74) is 2.41. The average molecular weight is 331 g/mol. The molecule has 3 heterocycles. The number of halogens is 1. The number of fused-ring (bicyclic) bond motifs is 1. The highest BCUT2D eigenvalue weighted by atomic mass is 35.5. The van der Waals surface area contributed by atoms with Gasteiger partial charge in [-0.1, -0.05) is 28.9 Å². The molecule has 2 aromatic rings. The summed E-state index contributed by atoms with van der Waals surface area (Å²) < 4.78 is 5.15. The van der Waals surface area contributed by atoms with Gasteiger partial charge in [0.25, 0.3) is 0 Å². The number of hydrogen-bond donors (Lipinski definition) is 0.